The smallest absolute Gasteiger partial charge is 0.124 e. The summed E-state index contributed by atoms with van der Waals surface area (Å²) < 4.78 is 14.0. The predicted octanol–water partition coefficient (Wildman–Crippen LogP) is 5.60. The molecule has 1 fully saturated rings. The monoisotopic (exact) mass is 341 g/mol. The summed E-state index contributed by atoms with van der Waals surface area (Å²) >= 11 is 3.47. The van der Waals surface area contributed by atoms with Crippen molar-refractivity contribution in [2.75, 3.05) is 0 Å². The van der Waals surface area contributed by atoms with Crippen molar-refractivity contribution in [1.29, 1.82) is 0 Å². The van der Waals surface area contributed by atoms with Gasteiger partial charge in [-0.3, -0.25) is 0 Å². The molecule has 1 aliphatic rings. The van der Waals surface area contributed by atoms with Gasteiger partial charge in [0.2, 0.25) is 0 Å². The molecule has 2 atom stereocenters. The van der Waals surface area contributed by atoms with Crippen molar-refractivity contribution >= 4 is 15.9 Å². The van der Waals surface area contributed by atoms with Gasteiger partial charge in [0.15, 0.2) is 0 Å². The first-order valence-corrected chi connectivity index (χ1v) is 8.58. The van der Waals surface area contributed by atoms with Crippen molar-refractivity contribution in [3.8, 4) is 0 Å². The number of rotatable bonds is 4. The van der Waals surface area contributed by atoms with E-state index in [-0.39, 0.29) is 11.9 Å². The van der Waals surface area contributed by atoms with E-state index in [2.05, 4.69) is 35.1 Å². The first-order valence-electron chi connectivity index (χ1n) is 7.79. The van der Waals surface area contributed by atoms with E-state index >= 15 is 0 Å². The maximum atomic E-state index is 13.2. The van der Waals surface area contributed by atoms with Crippen LogP contribution in [0.1, 0.15) is 64.0 Å². The normalized spacial score (nSPS) is 20.4. The summed E-state index contributed by atoms with van der Waals surface area (Å²) in [5, 5.41) is 3.70. The minimum atomic E-state index is -0.190. The zero-order valence-corrected chi connectivity index (χ0v) is 14.0. The highest BCUT2D eigenvalue weighted by Crippen LogP contribution is 2.29. The number of hydrogen-bond donors (Lipinski definition) is 1. The average molecular weight is 342 g/mol. The SMILES string of the molecule is CC(N[C@H](C)C1CCCCCC1)c1ccc(F)cc1Br. The number of benzene rings is 1. The molecule has 0 aromatic heterocycles. The maximum absolute atomic E-state index is 13.2. The van der Waals surface area contributed by atoms with Crippen molar-refractivity contribution in [2.45, 2.75) is 64.5 Å². The van der Waals surface area contributed by atoms with E-state index in [0.717, 1.165) is 16.0 Å². The first-order chi connectivity index (χ1) is 9.58. The second kappa shape index (κ2) is 7.56. The fourth-order valence-electron chi connectivity index (χ4n) is 3.28. The van der Waals surface area contributed by atoms with Crippen LogP contribution >= 0.6 is 15.9 Å². The largest absolute Gasteiger partial charge is 0.307 e. The maximum Gasteiger partial charge on any atom is 0.124 e. The summed E-state index contributed by atoms with van der Waals surface area (Å²) in [6.45, 7) is 4.45. The van der Waals surface area contributed by atoms with Crippen LogP contribution in [0, 0.1) is 11.7 Å². The molecule has 0 bridgehead atoms. The Bertz CT molecular complexity index is 427. The predicted molar refractivity (Wildman–Crippen MR) is 86.3 cm³/mol. The number of hydrogen-bond acceptors (Lipinski definition) is 1. The summed E-state index contributed by atoms with van der Waals surface area (Å²) in [5.41, 5.74) is 1.13. The quantitative estimate of drug-likeness (QED) is 0.703. The van der Waals surface area contributed by atoms with Gasteiger partial charge in [0.1, 0.15) is 5.82 Å². The molecule has 20 heavy (non-hydrogen) atoms. The van der Waals surface area contributed by atoms with E-state index in [0.29, 0.717) is 6.04 Å². The van der Waals surface area contributed by atoms with Gasteiger partial charge >= 0.3 is 0 Å². The third kappa shape index (κ3) is 4.29. The van der Waals surface area contributed by atoms with Crippen LogP contribution in [0.2, 0.25) is 0 Å². The Labute approximate surface area is 130 Å². The third-order valence-electron chi connectivity index (χ3n) is 4.55. The van der Waals surface area contributed by atoms with Crippen LogP contribution in [-0.4, -0.2) is 6.04 Å². The molecule has 1 aliphatic carbocycles. The molecule has 112 valence electrons. The molecule has 2 rings (SSSR count). The lowest BCUT2D eigenvalue weighted by Crippen LogP contribution is -2.35. The minimum Gasteiger partial charge on any atom is -0.307 e. The van der Waals surface area contributed by atoms with E-state index in [1.807, 2.05) is 6.07 Å². The van der Waals surface area contributed by atoms with Gasteiger partial charge in [-0.05, 0) is 50.3 Å². The molecule has 1 unspecified atom stereocenters. The summed E-state index contributed by atoms with van der Waals surface area (Å²) in [6, 6.07) is 5.71. The van der Waals surface area contributed by atoms with Crippen LogP contribution < -0.4 is 5.32 Å². The Morgan fingerprint density at radius 1 is 1.15 bits per heavy atom. The van der Waals surface area contributed by atoms with Crippen molar-refractivity contribution in [3.05, 3.63) is 34.1 Å². The number of nitrogens with one attached hydrogen (secondary N) is 1. The zero-order chi connectivity index (χ0) is 14.5. The van der Waals surface area contributed by atoms with Crippen LogP contribution in [0.3, 0.4) is 0 Å². The topological polar surface area (TPSA) is 12.0 Å². The van der Waals surface area contributed by atoms with Crippen LogP contribution in [-0.2, 0) is 0 Å². The lowest BCUT2D eigenvalue weighted by atomic mass is 9.92. The number of halogens is 2. The van der Waals surface area contributed by atoms with Gasteiger partial charge in [-0.25, -0.2) is 4.39 Å². The van der Waals surface area contributed by atoms with E-state index < -0.39 is 0 Å². The second-order valence-corrected chi connectivity index (χ2v) is 6.95. The Kier molecular flexibility index (Phi) is 6.03. The van der Waals surface area contributed by atoms with Crippen molar-refractivity contribution in [1.82, 2.24) is 5.32 Å². The molecule has 1 saturated carbocycles. The standard InChI is InChI=1S/C17H25BrFN/c1-12(14-7-5-3-4-6-8-14)20-13(2)16-10-9-15(19)11-17(16)18/h9-14,20H,3-8H2,1-2H3/t12-,13?/m1/s1. The van der Waals surface area contributed by atoms with Gasteiger partial charge in [0.05, 0.1) is 0 Å². The second-order valence-electron chi connectivity index (χ2n) is 6.09. The lowest BCUT2D eigenvalue weighted by molar-refractivity contribution is 0.316. The molecule has 1 aromatic carbocycles. The molecular formula is C17H25BrFN. The molecule has 0 saturated heterocycles. The Morgan fingerprint density at radius 3 is 2.40 bits per heavy atom. The molecule has 3 heteroatoms. The van der Waals surface area contributed by atoms with E-state index in [9.17, 15) is 4.39 Å². The molecule has 0 amide bonds. The minimum absolute atomic E-state index is 0.190. The molecular weight excluding hydrogens is 317 g/mol. The molecule has 0 radical (unpaired) electrons. The van der Waals surface area contributed by atoms with Crippen molar-refractivity contribution in [3.63, 3.8) is 0 Å². The van der Waals surface area contributed by atoms with Crippen molar-refractivity contribution < 1.29 is 4.39 Å². The summed E-state index contributed by atoms with van der Waals surface area (Å²) in [5.74, 6) is 0.587. The van der Waals surface area contributed by atoms with Gasteiger partial charge < -0.3 is 5.32 Å². The first kappa shape index (κ1) is 16.0. The zero-order valence-electron chi connectivity index (χ0n) is 12.5. The summed E-state index contributed by atoms with van der Waals surface area (Å²) in [6.07, 6.45) is 8.19. The van der Waals surface area contributed by atoms with Gasteiger partial charge in [-0.1, -0.05) is 47.7 Å². The summed E-state index contributed by atoms with van der Waals surface area (Å²) in [4.78, 5) is 0. The fraction of sp³-hybridized carbons (Fsp3) is 0.647. The molecule has 0 heterocycles. The van der Waals surface area contributed by atoms with E-state index in [1.54, 1.807) is 6.07 Å². The Hall–Kier alpha value is -0.410. The Balaban J connectivity index is 1.97. The third-order valence-corrected chi connectivity index (χ3v) is 5.24. The van der Waals surface area contributed by atoms with Gasteiger partial charge in [0, 0.05) is 16.6 Å². The summed E-state index contributed by atoms with van der Waals surface area (Å²) in [7, 11) is 0. The molecule has 0 aliphatic heterocycles. The fourth-order valence-corrected chi connectivity index (χ4v) is 3.98. The highest BCUT2D eigenvalue weighted by Gasteiger charge is 2.21. The lowest BCUT2D eigenvalue weighted by Gasteiger charge is -2.28. The Morgan fingerprint density at radius 2 is 1.80 bits per heavy atom. The highest BCUT2D eigenvalue weighted by molar-refractivity contribution is 9.10. The van der Waals surface area contributed by atoms with Crippen LogP contribution in [0.4, 0.5) is 4.39 Å². The van der Waals surface area contributed by atoms with E-state index in [4.69, 9.17) is 0 Å². The molecule has 1 nitrogen and oxygen atoms in total. The van der Waals surface area contributed by atoms with Gasteiger partial charge in [-0.15, -0.1) is 0 Å². The van der Waals surface area contributed by atoms with E-state index in [1.165, 1.54) is 44.6 Å². The van der Waals surface area contributed by atoms with Gasteiger partial charge in [0.25, 0.3) is 0 Å². The molecule has 1 N–H and O–H groups in total. The molecule has 0 spiro atoms. The molecule has 1 aromatic rings. The van der Waals surface area contributed by atoms with Crippen molar-refractivity contribution in [2.24, 2.45) is 5.92 Å². The van der Waals surface area contributed by atoms with Crippen LogP contribution in [0.5, 0.6) is 0 Å². The van der Waals surface area contributed by atoms with Gasteiger partial charge in [-0.2, -0.15) is 0 Å². The average Bonchev–Trinajstić information content (AvgIpc) is 2.67. The van der Waals surface area contributed by atoms with Crippen LogP contribution in [0.25, 0.3) is 0 Å². The van der Waals surface area contributed by atoms with Crippen LogP contribution in [0.15, 0.2) is 22.7 Å². The highest BCUT2D eigenvalue weighted by atomic mass is 79.9.